The van der Waals surface area contributed by atoms with E-state index in [0.29, 0.717) is 5.56 Å². The predicted octanol–water partition coefficient (Wildman–Crippen LogP) is -1.48. The standard InChI is InChI=1S/C10H10O3.Na.H/c1-2-9(11)13-10(12)8-6-4-3-5-7-8;;/h2-7,10,12H,1H2;;/q;+1;-1. The Bertz CT molecular complexity index is 303. The number of carbonyl (C=O) groups is 1. The maximum Gasteiger partial charge on any atom is 1.00 e. The van der Waals surface area contributed by atoms with E-state index in [1.54, 1.807) is 24.3 Å². The maximum absolute atomic E-state index is 10.7. The van der Waals surface area contributed by atoms with E-state index in [1.165, 1.54) is 0 Å². The van der Waals surface area contributed by atoms with Crippen LogP contribution in [-0.2, 0) is 9.53 Å². The molecule has 0 spiro atoms. The topological polar surface area (TPSA) is 46.5 Å². The number of aliphatic hydroxyl groups excluding tert-OH is 1. The van der Waals surface area contributed by atoms with Gasteiger partial charge in [-0.1, -0.05) is 36.9 Å². The molecule has 4 heteroatoms. The number of aliphatic hydroxyl groups is 1. The molecule has 0 radical (unpaired) electrons. The molecule has 0 saturated carbocycles. The number of benzene rings is 1. The van der Waals surface area contributed by atoms with Crippen molar-refractivity contribution in [1.82, 2.24) is 0 Å². The molecule has 0 aromatic heterocycles. The van der Waals surface area contributed by atoms with Gasteiger partial charge < -0.3 is 11.3 Å². The molecule has 70 valence electrons. The van der Waals surface area contributed by atoms with E-state index in [4.69, 9.17) is 0 Å². The van der Waals surface area contributed by atoms with E-state index >= 15 is 0 Å². The van der Waals surface area contributed by atoms with E-state index < -0.39 is 12.3 Å². The van der Waals surface area contributed by atoms with Crippen LogP contribution in [0.25, 0.3) is 0 Å². The quantitative estimate of drug-likeness (QED) is 0.281. The van der Waals surface area contributed by atoms with Gasteiger partial charge in [0.25, 0.3) is 0 Å². The molecule has 0 fully saturated rings. The summed E-state index contributed by atoms with van der Waals surface area (Å²) in [5.41, 5.74) is 0.540. The first-order valence-corrected chi connectivity index (χ1v) is 3.80. The summed E-state index contributed by atoms with van der Waals surface area (Å²) >= 11 is 0. The minimum Gasteiger partial charge on any atom is -1.00 e. The Morgan fingerprint density at radius 3 is 2.57 bits per heavy atom. The number of carbonyl (C=O) groups excluding carboxylic acids is 1. The first-order chi connectivity index (χ1) is 6.24. The molecule has 0 bridgehead atoms. The van der Waals surface area contributed by atoms with Gasteiger partial charge >= 0.3 is 35.5 Å². The Balaban J connectivity index is 0. The summed E-state index contributed by atoms with van der Waals surface area (Å²) in [6.07, 6.45) is -0.210. The van der Waals surface area contributed by atoms with Gasteiger partial charge in [-0.05, 0) is 0 Å². The van der Waals surface area contributed by atoms with Gasteiger partial charge in [-0.3, -0.25) is 0 Å². The molecule has 3 nitrogen and oxygen atoms in total. The molecule has 1 aromatic carbocycles. The smallest absolute Gasteiger partial charge is 1.00 e. The second-order valence-electron chi connectivity index (χ2n) is 2.40. The van der Waals surface area contributed by atoms with Crippen LogP contribution in [0.15, 0.2) is 43.0 Å². The summed E-state index contributed by atoms with van der Waals surface area (Å²) in [7, 11) is 0. The molecule has 0 aliphatic carbocycles. The van der Waals surface area contributed by atoms with Gasteiger partial charge in [0.15, 0.2) is 0 Å². The van der Waals surface area contributed by atoms with Crippen molar-refractivity contribution in [2.75, 3.05) is 0 Å². The number of hydrogen-bond donors (Lipinski definition) is 1. The van der Waals surface area contributed by atoms with Crippen LogP contribution in [0.2, 0.25) is 0 Å². The SMILES string of the molecule is C=CC(=O)OC(O)c1ccccc1.[H-].[Na+]. The summed E-state index contributed by atoms with van der Waals surface area (Å²) in [6.45, 7) is 3.22. The molecule has 0 amide bonds. The van der Waals surface area contributed by atoms with Crippen molar-refractivity contribution in [3.05, 3.63) is 48.6 Å². The zero-order valence-electron chi connectivity index (χ0n) is 9.01. The van der Waals surface area contributed by atoms with Crippen LogP contribution in [-0.4, -0.2) is 11.1 Å². The van der Waals surface area contributed by atoms with Gasteiger partial charge in [-0.25, -0.2) is 4.79 Å². The molecule has 1 N–H and O–H groups in total. The average Bonchev–Trinajstić information content (AvgIpc) is 2.19. The minimum atomic E-state index is -1.22. The summed E-state index contributed by atoms with van der Waals surface area (Å²) in [5, 5.41) is 9.33. The fraction of sp³-hybridized carbons (Fsp3) is 0.100. The van der Waals surface area contributed by atoms with E-state index in [2.05, 4.69) is 11.3 Å². The summed E-state index contributed by atoms with van der Waals surface area (Å²) in [4.78, 5) is 10.7. The van der Waals surface area contributed by atoms with Gasteiger partial charge in [-0.15, -0.1) is 0 Å². The first kappa shape index (κ1) is 13.4. The van der Waals surface area contributed by atoms with Crippen LogP contribution in [0.3, 0.4) is 0 Å². The first-order valence-electron chi connectivity index (χ1n) is 3.80. The third-order valence-corrected chi connectivity index (χ3v) is 1.48. The van der Waals surface area contributed by atoms with Crippen molar-refractivity contribution in [2.24, 2.45) is 0 Å². The van der Waals surface area contributed by atoms with Crippen LogP contribution in [0.1, 0.15) is 13.3 Å². The van der Waals surface area contributed by atoms with Crippen molar-refractivity contribution in [2.45, 2.75) is 6.29 Å². The van der Waals surface area contributed by atoms with Gasteiger partial charge in [0.2, 0.25) is 6.29 Å². The third kappa shape index (κ3) is 4.07. The van der Waals surface area contributed by atoms with Gasteiger partial charge in [0.05, 0.1) is 0 Å². The summed E-state index contributed by atoms with van der Waals surface area (Å²) < 4.78 is 4.58. The molecule has 0 aliphatic heterocycles. The summed E-state index contributed by atoms with van der Waals surface area (Å²) in [5.74, 6) is -0.642. The van der Waals surface area contributed by atoms with Gasteiger partial charge in [-0.2, -0.15) is 0 Å². The van der Waals surface area contributed by atoms with E-state index in [-0.39, 0.29) is 31.0 Å². The largest absolute Gasteiger partial charge is 1.00 e. The number of ether oxygens (including phenoxy) is 1. The van der Waals surface area contributed by atoms with Crippen molar-refractivity contribution in [3.63, 3.8) is 0 Å². The Hall–Kier alpha value is -0.610. The number of rotatable bonds is 3. The zero-order chi connectivity index (χ0) is 9.68. The van der Waals surface area contributed by atoms with Crippen LogP contribution in [0.5, 0.6) is 0 Å². The Labute approximate surface area is 106 Å². The molecule has 0 heterocycles. The van der Waals surface area contributed by atoms with E-state index in [9.17, 15) is 9.90 Å². The fourth-order valence-corrected chi connectivity index (χ4v) is 0.844. The molecular formula is C10H11NaO3. The minimum absolute atomic E-state index is 0. The van der Waals surface area contributed by atoms with Crippen LogP contribution in [0.4, 0.5) is 0 Å². The molecule has 0 saturated heterocycles. The van der Waals surface area contributed by atoms with Gasteiger partial charge in [0, 0.05) is 11.6 Å². The normalized spacial score (nSPS) is 10.9. The number of esters is 1. The van der Waals surface area contributed by atoms with Crippen molar-refractivity contribution in [3.8, 4) is 0 Å². The maximum atomic E-state index is 10.7. The van der Waals surface area contributed by atoms with Crippen molar-refractivity contribution < 1.29 is 45.6 Å². The van der Waals surface area contributed by atoms with Crippen molar-refractivity contribution in [1.29, 1.82) is 0 Å². The molecule has 1 unspecified atom stereocenters. The Morgan fingerprint density at radius 2 is 2.07 bits per heavy atom. The molecule has 1 rings (SSSR count). The van der Waals surface area contributed by atoms with Crippen LogP contribution in [0, 0.1) is 0 Å². The predicted molar refractivity (Wildman–Crippen MR) is 48.8 cm³/mol. The average molecular weight is 202 g/mol. The molecular weight excluding hydrogens is 191 g/mol. The van der Waals surface area contributed by atoms with Gasteiger partial charge in [0.1, 0.15) is 0 Å². The monoisotopic (exact) mass is 202 g/mol. The second-order valence-corrected chi connectivity index (χ2v) is 2.40. The van der Waals surface area contributed by atoms with Crippen LogP contribution >= 0.6 is 0 Å². The Kier molecular flexibility index (Phi) is 6.49. The van der Waals surface area contributed by atoms with Crippen LogP contribution < -0.4 is 29.6 Å². The molecule has 14 heavy (non-hydrogen) atoms. The fourth-order valence-electron chi connectivity index (χ4n) is 0.844. The molecule has 0 aliphatic rings. The molecule has 1 atom stereocenters. The number of hydrogen-bond acceptors (Lipinski definition) is 3. The van der Waals surface area contributed by atoms with Crippen molar-refractivity contribution >= 4 is 5.97 Å². The Morgan fingerprint density at radius 1 is 1.50 bits per heavy atom. The van der Waals surface area contributed by atoms with E-state index in [1.807, 2.05) is 6.07 Å². The summed E-state index contributed by atoms with van der Waals surface area (Å²) in [6, 6.07) is 8.65. The second kappa shape index (κ2) is 6.79. The van der Waals surface area contributed by atoms with E-state index in [0.717, 1.165) is 6.08 Å². The third-order valence-electron chi connectivity index (χ3n) is 1.48. The zero-order valence-corrected chi connectivity index (χ0v) is 10.0. The molecule has 1 aromatic rings.